The molecule has 0 aromatic heterocycles. The number of carbonyl (C=O) groups excluding carboxylic acids is 1. The summed E-state index contributed by atoms with van der Waals surface area (Å²) in [6.07, 6.45) is 0. The molecule has 6 heteroatoms. The van der Waals surface area contributed by atoms with Gasteiger partial charge in [-0.15, -0.1) is 11.6 Å². The van der Waals surface area contributed by atoms with Crippen LogP contribution in [0.1, 0.15) is 0 Å². The van der Waals surface area contributed by atoms with E-state index in [1.807, 2.05) is 0 Å². The Balaban J connectivity index is 4.08. The molecule has 0 radical (unpaired) electrons. The molecule has 0 rings (SSSR count). The fourth-order valence-corrected chi connectivity index (χ4v) is 0.415. The maximum atomic E-state index is 11.9. The van der Waals surface area contributed by atoms with Crippen molar-refractivity contribution in [2.75, 3.05) is 7.11 Å². The lowest BCUT2D eigenvalue weighted by Gasteiger charge is -2.11. The fourth-order valence-electron chi connectivity index (χ4n) is 0.237. The predicted octanol–water partition coefficient (Wildman–Crippen LogP) is 1.60. The first-order valence-corrected chi connectivity index (χ1v) is 2.99. The average Bonchev–Trinajstić information content (AvgIpc) is 1.83. The number of halogens is 4. The number of hydrogen-bond donors (Lipinski definition) is 0. The van der Waals surface area contributed by atoms with Crippen molar-refractivity contribution in [2.24, 2.45) is 0 Å². The van der Waals surface area contributed by atoms with Crippen molar-refractivity contribution in [3.8, 4) is 0 Å². The normalized spacial score (nSPS) is 14.5. The lowest BCUT2D eigenvalue weighted by Crippen LogP contribution is -2.31. The van der Waals surface area contributed by atoms with Gasteiger partial charge in [0.25, 0.3) is 0 Å². The Morgan fingerprint density at radius 3 is 2.20 bits per heavy atom. The summed E-state index contributed by atoms with van der Waals surface area (Å²) >= 11 is 9.24. The topological polar surface area (TPSA) is 26.3 Å². The van der Waals surface area contributed by atoms with Gasteiger partial charge < -0.3 is 4.74 Å². The summed E-state index contributed by atoms with van der Waals surface area (Å²) in [4.78, 5) is 10.2. The van der Waals surface area contributed by atoms with Gasteiger partial charge in [0.15, 0.2) is 0 Å². The molecule has 0 heterocycles. The maximum absolute atomic E-state index is 11.9. The third kappa shape index (κ3) is 2.66. The molecule has 0 saturated carbocycles. The number of alkyl halides is 4. The third-order valence-corrected chi connectivity index (χ3v) is 1.48. The van der Waals surface area contributed by atoms with Crippen LogP contribution in [0.25, 0.3) is 0 Å². The molecule has 0 aromatic carbocycles. The van der Waals surface area contributed by atoms with Crippen molar-refractivity contribution in [3.63, 3.8) is 0 Å². The lowest BCUT2D eigenvalue weighted by molar-refractivity contribution is -0.144. The minimum Gasteiger partial charge on any atom is -0.468 e. The second-order valence-electron chi connectivity index (χ2n) is 1.43. The zero-order chi connectivity index (χ0) is 8.36. The first-order valence-electron chi connectivity index (χ1n) is 2.18. The van der Waals surface area contributed by atoms with Crippen LogP contribution in [0.4, 0.5) is 8.78 Å². The van der Waals surface area contributed by atoms with Gasteiger partial charge in [0.2, 0.25) is 5.38 Å². The number of methoxy groups -OCH3 is 1. The van der Waals surface area contributed by atoms with E-state index in [0.717, 1.165) is 7.11 Å². The Hall–Kier alpha value is -0.0900. The summed E-state index contributed by atoms with van der Waals surface area (Å²) in [5.74, 6) is -1.25. The van der Waals surface area contributed by atoms with Gasteiger partial charge in [0, 0.05) is 0 Å². The number of esters is 1. The molecule has 0 aromatic rings. The van der Waals surface area contributed by atoms with E-state index in [1.165, 1.54) is 0 Å². The predicted molar refractivity (Wildman–Crippen MR) is 32.5 cm³/mol. The van der Waals surface area contributed by atoms with Crippen molar-refractivity contribution in [1.29, 1.82) is 0 Å². The fraction of sp³-hybridized carbons (Fsp3) is 0.750. The minimum atomic E-state index is -3.76. The van der Waals surface area contributed by atoms with E-state index >= 15 is 0 Å². The third-order valence-electron chi connectivity index (χ3n) is 0.696. The van der Waals surface area contributed by atoms with Crippen LogP contribution in [0.15, 0.2) is 0 Å². The molecular weight excluding hydrogens is 189 g/mol. The van der Waals surface area contributed by atoms with Gasteiger partial charge in [0.05, 0.1) is 7.11 Å². The largest absolute Gasteiger partial charge is 0.468 e. The summed E-state index contributed by atoms with van der Waals surface area (Å²) < 4.78 is 27.7. The molecule has 0 aliphatic heterocycles. The van der Waals surface area contributed by atoms with Gasteiger partial charge in [-0.3, -0.25) is 4.79 Å². The quantitative estimate of drug-likeness (QED) is 0.491. The molecule has 1 unspecified atom stereocenters. The number of rotatable bonds is 2. The molecule has 0 saturated heterocycles. The Morgan fingerprint density at radius 1 is 1.70 bits per heavy atom. The van der Waals surface area contributed by atoms with E-state index in [4.69, 9.17) is 11.6 Å². The van der Waals surface area contributed by atoms with Crippen LogP contribution in [0.2, 0.25) is 0 Å². The number of hydrogen-bond acceptors (Lipinski definition) is 2. The van der Waals surface area contributed by atoms with Crippen molar-refractivity contribution in [2.45, 2.75) is 10.8 Å². The van der Waals surface area contributed by atoms with Crippen molar-refractivity contribution < 1.29 is 18.3 Å². The molecule has 10 heavy (non-hydrogen) atoms. The van der Waals surface area contributed by atoms with Gasteiger partial charge in [0.1, 0.15) is 0 Å². The van der Waals surface area contributed by atoms with Gasteiger partial charge in [-0.05, 0) is 11.6 Å². The van der Waals surface area contributed by atoms with Gasteiger partial charge in [-0.25, -0.2) is 0 Å². The Labute approximate surface area is 66.0 Å². The standard InChI is InChI=1S/C4H4Cl2F2O2/c1-10-3(9)2(5)4(6,7)8/h2H,1H3. The van der Waals surface area contributed by atoms with Crippen molar-refractivity contribution in [1.82, 2.24) is 0 Å². The van der Waals surface area contributed by atoms with Gasteiger partial charge >= 0.3 is 11.4 Å². The number of carbonyl (C=O) groups is 1. The van der Waals surface area contributed by atoms with Crippen LogP contribution in [-0.4, -0.2) is 23.8 Å². The molecule has 0 N–H and O–H groups in total. The number of ether oxygens (including phenoxy) is 1. The molecular formula is C4H4Cl2F2O2. The first kappa shape index (κ1) is 9.91. The van der Waals surface area contributed by atoms with E-state index in [-0.39, 0.29) is 0 Å². The molecule has 0 bridgehead atoms. The van der Waals surface area contributed by atoms with Crippen molar-refractivity contribution >= 4 is 29.2 Å². The highest BCUT2D eigenvalue weighted by Crippen LogP contribution is 2.28. The summed E-state index contributed by atoms with van der Waals surface area (Å²) in [6, 6.07) is 0. The molecule has 0 fully saturated rings. The summed E-state index contributed by atoms with van der Waals surface area (Å²) in [5.41, 5.74) is 0. The maximum Gasteiger partial charge on any atom is 0.348 e. The molecule has 0 amide bonds. The Bertz CT molecular complexity index is 134. The van der Waals surface area contributed by atoms with Crippen molar-refractivity contribution in [3.05, 3.63) is 0 Å². The average molecular weight is 193 g/mol. The SMILES string of the molecule is COC(=O)C(Cl)C(F)(F)Cl. The minimum absolute atomic E-state index is 0.945. The molecule has 0 spiro atoms. The summed E-state index contributed by atoms with van der Waals surface area (Å²) in [6.45, 7) is 0. The Morgan fingerprint density at radius 2 is 2.10 bits per heavy atom. The summed E-state index contributed by atoms with van der Waals surface area (Å²) in [5, 5.41) is -5.88. The zero-order valence-electron chi connectivity index (χ0n) is 4.91. The Kier molecular flexibility index (Phi) is 3.31. The summed E-state index contributed by atoms with van der Waals surface area (Å²) in [7, 11) is 0.945. The highest BCUT2D eigenvalue weighted by atomic mass is 35.5. The molecule has 1 atom stereocenters. The highest BCUT2D eigenvalue weighted by Gasteiger charge is 2.41. The van der Waals surface area contributed by atoms with E-state index in [2.05, 4.69) is 16.3 Å². The molecule has 60 valence electrons. The van der Waals surface area contributed by atoms with E-state index < -0.39 is 16.7 Å². The monoisotopic (exact) mass is 192 g/mol. The second kappa shape index (κ2) is 3.34. The van der Waals surface area contributed by atoms with E-state index in [0.29, 0.717) is 0 Å². The van der Waals surface area contributed by atoms with Crippen LogP contribution in [0.5, 0.6) is 0 Å². The van der Waals surface area contributed by atoms with E-state index in [1.54, 1.807) is 0 Å². The van der Waals surface area contributed by atoms with E-state index in [9.17, 15) is 13.6 Å². The highest BCUT2D eigenvalue weighted by molar-refractivity contribution is 6.37. The molecule has 2 nitrogen and oxygen atoms in total. The lowest BCUT2D eigenvalue weighted by atomic mass is 10.4. The van der Waals surface area contributed by atoms with Crippen LogP contribution in [-0.2, 0) is 9.53 Å². The molecule has 0 aliphatic rings. The second-order valence-corrected chi connectivity index (χ2v) is 2.37. The van der Waals surface area contributed by atoms with Crippen LogP contribution in [0, 0.1) is 0 Å². The van der Waals surface area contributed by atoms with Gasteiger partial charge in [-0.1, -0.05) is 0 Å². The smallest absolute Gasteiger partial charge is 0.348 e. The van der Waals surface area contributed by atoms with Crippen LogP contribution in [0.3, 0.4) is 0 Å². The van der Waals surface area contributed by atoms with Crippen LogP contribution >= 0.6 is 23.2 Å². The molecule has 0 aliphatic carbocycles. The zero-order valence-corrected chi connectivity index (χ0v) is 6.42. The first-order chi connectivity index (χ1) is 4.39. The van der Waals surface area contributed by atoms with Crippen LogP contribution < -0.4 is 0 Å². The van der Waals surface area contributed by atoms with Gasteiger partial charge in [-0.2, -0.15) is 8.78 Å².